The van der Waals surface area contributed by atoms with Gasteiger partial charge in [0.15, 0.2) is 17.1 Å². The number of phenolic OH excluding ortho intramolecular Hbond substituents is 1. The van der Waals surface area contributed by atoms with Crippen LogP contribution in [0.3, 0.4) is 0 Å². The average molecular weight is 587 g/mol. The van der Waals surface area contributed by atoms with Crippen LogP contribution in [0.2, 0.25) is 0 Å². The molecule has 0 radical (unpaired) electrons. The minimum atomic E-state index is -2.75. The number of amides is 3. The highest BCUT2D eigenvalue weighted by Crippen LogP contribution is 2.52. The van der Waals surface area contributed by atoms with Gasteiger partial charge in [-0.25, -0.2) is 4.79 Å². The third kappa shape index (κ3) is 4.96. The minimum absolute atomic E-state index is 0.0403. The van der Waals surface area contributed by atoms with E-state index in [0.717, 1.165) is 0 Å². The molecule has 14 nitrogen and oxygen atoms in total. The maximum absolute atomic E-state index is 13.7. The number of anilines is 1. The zero-order valence-electron chi connectivity index (χ0n) is 23.8. The number of primary amides is 1. The number of alkyl carbamates (subject to hydrolysis) is 1. The van der Waals surface area contributed by atoms with Gasteiger partial charge in [0.2, 0.25) is 11.7 Å². The second-order valence-electron chi connectivity index (χ2n) is 11.9. The van der Waals surface area contributed by atoms with Crippen molar-refractivity contribution in [3.8, 4) is 5.75 Å². The van der Waals surface area contributed by atoms with Crippen LogP contribution in [-0.2, 0) is 25.5 Å². The number of Topliss-reactive ketones (excluding diaryl/α,β-unsaturated/α-hetero) is 2. The topological polar surface area (TPSA) is 229 Å². The first-order valence-electron chi connectivity index (χ1n) is 13.2. The van der Waals surface area contributed by atoms with Crippen LogP contribution in [0, 0.1) is 11.8 Å². The van der Waals surface area contributed by atoms with E-state index in [-0.39, 0.29) is 29.7 Å². The summed E-state index contributed by atoms with van der Waals surface area (Å²) in [5.41, 5.74) is 0.558. The van der Waals surface area contributed by atoms with E-state index in [4.69, 9.17) is 10.5 Å². The standard InChI is InChI=1S/C28H34N4O10/c1-27(2,3)42-26(40)30-10-15(33)31-14-7-6-11-8-12-9-13-19(32(4)5)22(36)18(25(29)39)24(38)28(13,41)23(37)17(12)21(35)16(11)20(14)34/h6-7,12-13,19,34,36-37,41H,8-10H2,1-5H3,(H2,29,39)(H,30,40)(H,31,33)/t12?,13?,19-,28-/m0/s1. The number of hydrogen-bond donors (Lipinski definition) is 7. The normalized spacial score (nSPS) is 25.5. The molecule has 3 aliphatic carbocycles. The number of ether oxygens (including phenoxy) is 1. The number of nitrogens with one attached hydrogen (secondary N) is 2. The monoisotopic (exact) mass is 586 g/mol. The molecule has 14 heteroatoms. The Hall–Kier alpha value is -4.43. The molecule has 1 aromatic carbocycles. The molecule has 0 heterocycles. The molecule has 2 unspecified atom stereocenters. The van der Waals surface area contributed by atoms with Crippen molar-refractivity contribution in [3.05, 3.63) is 45.9 Å². The number of rotatable bonds is 5. The number of benzene rings is 1. The van der Waals surface area contributed by atoms with Gasteiger partial charge < -0.3 is 41.5 Å². The van der Waals surface area contributed by atoms with Crippen molar-refractivity contribution >= 4 is 35.2 Å². The Bertz CT molecular complexity index is 1470. The molecule has 0 aliphatic heterocycles. The number of likely N-dealkylation sites (N-methyl/N-ethyl adjacent to an activating group) is 1. The number of hydrogen-bond acceptors (Lipinski definition) is 11. The van der Waals surface area contributed by atoms with Gasteiger partial charge in [-0.1, -0.05) is 6.07 Å². The molecule has 0 saturated carbocycles. The summed E-state index contributed by atoms with van der Waals surface area (Å²) in [6.45, 7) is 4.46. The van der Waals surface area contributed by atoms with E-state index in [2.05, 4.69) is 10.6 Å². The zero-order valence-corrected chi connectivity index (χ0v) is 23.8. The summed E-state index contributed by atoms with van der Waals surface area (Å²) in [6, 6.07) is 1.80. The smallest absolute Gasteiger partial charge is 0.408 e. The van der Waals surface area contributed by atoms with Crippen molar-refractivity contribution in [2.75, 3.05) is 26.0 Å². The van der Waals surface area contributed by atoms with Gasteiger partial charge in [0.05, 0.1) is 17.3 Å². The highest BCUT2D eigenvalue weighted by Gasteiger charge is 2.63. The van der Waals surface area contributed by atoms with Crippen molar-refractivity contribution in [2.24, 2.45) is 17.6 Å². The second kappa shape index (κ2) is 10.4. The highest BCUT2D eigenvalue weighted by molar-refractivity contribution is 6.25. The quantitative estimate of drug-likeness (QED) is 0.186. The number of carbonyl (C=O) groups excluding carboxylic acids is 5. The molecule has 4 rings (SSSR count). The Balaban J connectivity index is 1.69. The van der Waals surface area contributed by atoms with Crippen LogP contribution >= 0.6 is 0 Å². The van der Waals surface area contributed by atoms with Crippen LogP contribution in [0.25, 0.3) is 0 Å². The van der Waals surface area contributed by atoms with Crippen molar-refractivity contribution < 1.29 is 49.1 Å². The second-order valence-corrected chi connectivity index (χ2v) is 11.9. The number of ketones is 2. The van der Waals surface area contributed by atoms with Gasteiger partial charge >= 0.3 is 6.09 Å². The lowest BCUT2D eigenvalue weighted by atomic mass is 9.58. The number of aliphatic hydroxyl groups excluding tert-OH is 2. The zero-order chi connectivity index (χ0) is 31.5. The van der Waals surface area contributed by atoms with Crippen molar-refractivity contribution in [2.45, 2.75) is 50.9 Å². The average Bonchev–Trinajstić information content (AvgIpc) is 2.85. The van der Waals surface area contributed by atoms with Crippen LogP contribution in [0.15, 0.2) is 34.8 Å². The van der Waals surface area contributed by atoms with Crippen LogP contribution < -0.4 is 16.4 Å². The van der Waals surface area contributed by atoms with Crippen molar-refractivity contribution in [1.29, 1.82) is 0 Å². The van der Waals surface area contributed by atoms with Gasteiger partial charge in [-0.15, -0.1) is 0 Å². The maximum atomic E-state index is 13.7. The number of fused-ring (bicyclic) bond motifs is 3. The van der Waals surface area contributed by atoms with E-state index in [9.17, 15) is 44.4 Å². The predicted molar refractivity (Wildman–Crippen MR) is 147 cm³/mol. The Labute approximate surface area is 240 Å². The predicted octanol–water partition coefficient (Wildman–Crippen LogP) is 0.584. The Kier molecular flexibility index (Phi) is 7.59. The van der Waals surface area contributed by atoms with Crippen molar-refractivity contribution in [1.82, 2.24) is 10.2 Å². The molecule has 42 heavy (non-hydrogen) atoms. The summed E-state index contributed by atoms with van der Waals surface area (Å²) < 4.78 is 5.07. The fraction of sp³-hybridized carbons (Fsp3) is 0.464. The molecule has 0 spiro atoms. The van der Waals surface area contributed by atoms with E-state index in [1.807, 2.05) is 0 Å². The van der Waals surface area contributed by atoms with Crippen LogP contribution in [0.5, 0.6) is 5.75 Å². The molecule has 0 saturated heterocycles. The fourth-order valence-corrected chi connectivity index (χ4v) is 5.99. The summed E-state index contributed by atoms with van der Waals surface area (Å²) >= 11 is 0. The lowest BCUT2D eigenvalue weighted by molar-refractivity contribution is -0.148. The van der Waals surface area contributed by atoms with Gasteiger partial charge in [-0.2, -0.15) is 0 Å². The summed E-state index contributed by atoms with van der Waals surface area (Å²) in [7, 11) is 3.09. The summed E-state index contributed by atoms with van der Waals surface area (Å²) in [5.74, 6) is -8.37. The van der Waals surface area contributed by atoms with Crippen LogP contribution in [0.4, 0.5) is 10.5 Å². The fourth-order valence-electron chi connectivity index (χ4n) is 5.99. The number of nitrogens with zero attached hydrogens (tertiary/aromatic N) is 1. The Morgan fingerprint density at radius 1 is 1.14 bits per heavy atom. The van der Waals surface area contributed by atoms with Gasteiger partial charge in [-0.3, -0.25) is 24.1 Å². The molecule has 0 aromatic heterocycles. The Morgan fingerprint density at radius 2 is 1.79 bits per heavy atom. The first kappa shape index (κ1) is 30.5. The molecule has 0 bridgehead atoms. The molecule has 226 valence electrons. The van der Waals surface area contributed by atoms with E-state index in [1.165, 1.54) is 17.0 Å². The molecule has 4 atom stereocenters. The third-order valence-corrected chi connectivity index (χ3v) is 7.66. The SMILES string of the molecule is CN(C)[C@@H]1C(O)=C(C(N)=O)C(=O)[C@@]2(O)C(O)=C3C(=O)c4c(ccc(NC(=O)CNC(=O)OC(C)(C)C)c4O)CC3CC12. The summed E-state index contributed by atoms with van der Waals surface area (Å²) in [5, 5.41) is 49.4. The number of aromatic hydroxyl groups is 1. The lowest BCUT2D eigenvalue weighted by Gasteiger charge is -2.50. The molecule has 3 aliphatic rings. The minimum Gasteiger partial charge on any atom is -0.510 e. The van der Waals surface area contributed by atoms with E-state index >= 15 is 0 Å². The lowest BCUT2D eigenvalue weighted by Crippen LogP contribution is -2.63. The van der Waals surface area contributed by atoms with Gasteiger partial charge in [0.1, 0.15) is 29.2 Å². The third-order valence-electron chi connectivity index (χ3n) is 7.66. The number of carbonyl (C=O) groups is 5. The number of phenols is 1. The Morgan fingerprint density at radius 3 is 2.36 bits per heavy atom. The summed E-state index contributed by atoms with van der Waals surface area (Å²) in [4.78, 5) is 64.9. The van der Waals surface area contributed by atoms with E-state index < -0.39 is 87.9 Å². The van der Waals surface area contributed by atoms with Crippen LogP contribution in [0.1, 0.15) is 43.1 Å². The maximum Gasteiger partial charge on any atom is 0.408 e. The van der Waals surface area contributed by atoms with E-state index in [1.54, 1.807) is 34.9 Å². The van der Waals surface area contributed by atoms with Crippen LogP contribution in [-0.4, -0.2) is 92.7 Å². The van der Waals surface area contributed by atoms with E-state index in [0.29, 0.717) is 5.56 Å². The molecule has 0 fully saturated rings. The highest BCUT2D eigenvalue weighted by atomic mass is 16.6. The van der Waals surface area contributed by atoms with Gasteiger partial charge in [0, 0.05) is 11.5 Å². The molecule has 1 aromatic rings. The van der Waals surface area contributed by atoms with Gasteiger partial charge in [-0.05, 0) is 65.3 Å². The first-order valence-corrected chi connectivity index (χ1v) is 13.2. The molecular formula is C28H34N4O10. The first-order chi connectivity index (χ1) is 19.4. The van der Waals surface area contributed by atoms with Gasteiger partial charge in [0.25, 0.3) is 5.91 Å². The molecule has 8 N–H and O–H groups in total. The molecule has 3 amide bonds. The number of allylic oxidation sites excluding steroid dienone is 1. The number of nitrogens with two attached hydrogens (primary N) is 1. The summed E-state index contributed by atoms with van der Waals surface area (Å²) in [6.07, 6.45) is -0.765. The molecular weight excluding hydrogens is 552 g/mol. The largest absolute Gasteiger partial charge is 0.510 e. The van der Waals surface area contributed by atoms with Crippen molar-refractivity contribution in [3.63, 3.8) is 0 Å². The number of aliphatic hydroxyl groups is 3.